The number of likely N-dealkylation sites (N-methyl/N-ethyl adjacent to an activating group) is 1. The Kier molecular flexibility index (Phi) is 8.88. The fraction of sp³-hybridized carbons (Fsp3) is 0.448. The van der Waals surface area contributed by atoms with Gasteiger partial charge in [0.2, 0.25) is 16.0 Å². The smallest absolute Gasteiger partial charge is 0.242 e. The summed E-state index contributed by atoms with van der Waals surface area (Å²) in [6, 6.07) is 13.3. The van der Waals surface area contributed by atoms with E-state index in [-0.39, 0.29) is 21.8 Å². The number of nitrogens with one attached hydrogen (secondary N) is 3. The Bertz CT molecular complexity index is 1480. The number of hydrogen-bond donors (Lipinski definition) is 3. The number of para-hydroxylation sites is 1. The average Bonchev–Trinajstić information content (AvgIpc) is 3.63. The third-order valence-corrected chi connectivity index (χ3v) is 9.02. The molecule has 1 saturated carbocycles. The molecule has 10 nitrogen and oxygen atoms in total. The fourth-order valence-electron chi connectivity index (χ4n) is 4.75. The molecule has 1 aliphatic carbocycles. The Morgan fingerprint density at radius 1 is 1.10 bits per heavy atom. The zero-order valence-electron chi connectivity index (χ0n) is 23.9. The highest BCUT2D eigenvalue weighted by Crippen LogP contribution is 2.35. The lowest BCUT2D eigenvalue weighted by atomic mass is 10.2. The molecular formula is C29H38ClN7O3S. The summed E-state index contributed by atoms with van der Waals surface area (Å²) in [5, 5.41) is 6.61. The van der Waals surface area contributed by atoms with Gasteiger partial charge in [-0.2, -0.15) is 4.98 Å². The molecule has 1 aliphatic heterocycles. The molecule has 1 atom stereocenters. The number of anilines is 5. The van der Waals surface area contributed by atoms with Gasteiger partial charge in [-0.3, -0.25) is 0 Å². The van der Waals surface area contributed by atoms with Crippen LogP contribution in [0.5, 0.6) is 5.75 Å². The van der Waals surface area contributed by atoms with Gasteiger partial charge in [0.1, 0.15) is 15.7 Å². The summed E-state index contributed by atoms with van der Waals surface area (Å²) in [6.07, 6.45) is 4.66. The molecule has 220 valence electrons. The summed E-state index contributed by atoms with van der Waals surface area (Å²) >= 11 is 6.44. The number of ether oxygens (including phenoxy) is 1. The Balaban J connectivity index is 1.37. The van der Waals surface area contributed by atoms with Crippen molar-refractivity contribution in [2.24, 2.45) is 5.92 Å². The molecule has 3 aromatic rings. The molecule has 2 fully saturated rings. The van der Waals surface area contributed by atoms with Crippen molar-refractivity contribution in [2.45, 2.75) is 50.2 Å². The SMILES string of the molecule is CC(C)Oc1cc(N2CC[C@H](N(C)C)C2)ccc1Nc1ncc(Cl)c(Nc2ccccc2S(=O)(=O)NCC2CC2)n1. The number of halogens is 1. The zero-order chi connectivity index (χ0) is 29.1. The number of nitrogens with zero attached hydrogens (tertiary/aromatic N) is 4. The third kappa shape index (κ3) is 7.40. The van der Waals surface area contributed by atoms with Crippen LogP contribution >= 0.6 is 11.6 Å². The van der Waals surface area contributed by atoms with Crippen LogP contribution in [0.3, 0.4) is 0 Å². The van der Waals surface area contributed by atoms with Crippen LogP contribution in [0.1, 0.15) is 33.1 Å². The van der Waals surface area contributed by atoms with Crippen molar-refractivity contribution in [3.05, 3.63) is 53.7 Å². The molecule has 2 aliphatic rings. The van der Waals surface area contributed by atoms with Crippen molar-refractivity contribution in [1.82, 2.24) is 19.6 Å². The molecule has 2 heterocycles. The zero-order valence-corrected chi connectivity index (χ0v) is 25.5. The quantitative estimate of drug-likeness (QED) is 0.257. The van der Waals surface area contributed by atoms with Gasteiger partial charge in [-0.15, -0.1) is 0 Å². The van der Waals surface area contributed by atoms with Gasteiger partial charge in [0.05, 0.1) is 23.7 Å². The minimum Gasteiger partial charge on any atom is -0.489 e. The van der Waals surface area contributed by atoms with E-state index < -0.39 is 10.0 Å². The van der Waals surface area contributed by atoms with Gasteiger partial charge in [-0.05, 0) is 77.4 Å². The summed E-state index contributed by atoms with van der Waals surface area (Å²) in [5.41, 5.74) is 2.19. The van der Waals surface area contributed by atoms with E-state index in [1.54, 1.807) is 24.3 Å². The van der Waals surface area contributed by atoms with Crippen molar-refractivity contribution in [3.8, 4) is 5.75 Å². The number of aromatic nitrogens is 2. The van der Waals surface area contributed by atoms with Gasteiger partial charge < -0.3 is 25.2 Å². The van der Waals surface area contributed by atoms with Crippen molar-refractivity contribution < 1.29 is 13.2 Å². The van der Waals surface area contributed by atoms with Gasteiger partial charge in [0.15, 0.2) is 5.82 Å². The molecule has 2 aromatic carbocycles. The number of benzene rings is 2. The molecule has 0 spiro atoms. The predicted molar refractivity (Wildman–Crippen MR) is 164 cm³/mol. The lowest BCUT2D eigenvalue weighted by Gasteiger charge is -2.23. The first kappa shape index (κ1) is 29.4. The molecule has 0 radical (unpaired) electrons. The van der Waals surface area contributed by atoms with Crippen LogP contribution in [-0.2, 0) is 10.0 Å². The average molecular weight is 600 g/mol. The normalized spacial score (nSPS) is 17.3. The summed E-state index contributed by atoms with van der Waals surface area (Å²) in [7, 11) is 0.525. The monoisotopic (exact) mass is 599 g/mol. The fourth-order valence-corrected chi connectivity index (χ4v) is 6.17. The molecular weight excluding hydrogens is 562 g/mol. The summed E-state index contributed by atoms with van der Waals surface area (Å²) in [5.74, 6) is 1.68. The Hall–Kier alpha value is -3.12. The van der Waals surface area contributed by atoms with Crippen LogP contribution in [-0.4, -0.2) is 69.2 Å². The minimum atomic E-state index is -3.71. The van der Waals surface area contributed by atoms with E-state index in [0.29, 0.717) is 41.6 Å². The molecule has 1 saturated heterocycles. The largest absolute Gasteiger partial charge is 0.489 e. The van der Waals surface area contributed by atoms with E-state index >= 15 is 0 Å². The maximum absolute atomic E-state index is 13.0. The number of rotatable bonds is 12. The molecule has 3 N–H and O–H groups in total. The molecule has 5 rings (SSSR count). The Morgan fingerprint density at radius 2 is 1.88 bits per heavy atom. The summed E-state index contributed by atoms with van der Waals surface area (Å²) < 4.78 is 34.9. The molecule has 0 bridgehead atoms. The first-order valence-electron chi connectivity index (χ1n) is 14.0. The molecule has 1 aromatic heterocycles. The van der Waals surface area contributed by atoms with E-state index in [0.717, 1.165) is 38.0 Å². The van der Waals surface area contributed by atoms with Crippen LogP contribution in [0, 0.1) is 5.92 Å². The maximum Gasteiger partial charge on any atom is 0.242 e. The Morgan fingerprint density at radius 3 is 2.59 bits per heavy atom. The second-order valence-electron chi connectivity index (χ2n) is 11.1. The highest BCUT2D eigenvalue weighted by atomic mass is 35.5. The highest BCUT2D eigenvalue weighted by molar-refractivity contribution is 7.89. The molecule has 12 heteroatoms. The second-order valence-corrected chi connectivity index (χ2v) is 13.3. The Labute approximate surface area is 247 Å². The number of sulfonamides is 1. The van der Waals surface area contributed by atoms with E-state index in [4.69, 9.17) is 16.3 Å². The van der Waals surface area contributed by atoms with Crippen LogP contribution in [0.4, 0.5) is 28.8 Å². The standard InChI is InChI=1S/C29H38ClN7O3S/c1-19(2)40-26-15-21(37-14-13-22(18-37)36(3)4)11-12-24(26)34-29-31-17-23(30)28(35-29)33-25-7-5-6-8-27(25)41(38,39)32-16-20-9-10-20/h5-8,11-12,15,17,19-20,22,32H,9-10,13-14,16,18H2,1-4H3,(H2,31,33,34,35)/t22-/m0/s1. The van der Waals surface area contributed by atoms with Crippen LogP contribution in [0.25, 0.3) is 0 Å². The van der Waals surface area contributed by atoms with Gasteiger partial charge >= 0.3 is 0 Å². The van der Waals surface area contributed by atoms with Crippen LogP contribution < -0.4 is 25.0 Å². The van der Waals surface area contributed by atoms with E-state index in [1.807, 2.05) is 26.0 Å². The summed E-state index contributed by atoms with van der Waals surface area (Å²) in [4.78, 5) is 13.7. The van der Waals surface area contributed by atoms with Gasteiger partial charge in [-0.1, -0.05) is 23.7 Å². The van der Waals surface area contributed by atoms with Crippen LogP contribution in [0.15, 0.2) is 53.6 Å². The minimum absolute atomic E-state index is 0.0331. The lowest BCUT2D eigenvalue weighted by Crippen LogP contribution is -2.31. The van der Waals surface area contributed by atoms with Crippen molar-refractivity contribution >= 4 is 50.5 Å². The maximum atomic E-state index is 13.0. The third-order valence-electron chi connectivity index (χ3n) is 7.27. The first-order valence-corrected chi connectivity index (χ1v) is 15.8. The molecule has 41 heavy (non-hydrogen) atoms. The van der Waals surface area contributed by atoms with Gasteiger partial charge in [0.25, 0.3) is 0 Å². The molecule has 0 amide bonds. The van der Waals surface area contributed by atoms with Crippen molar-refractivity contribution in [2.75, 3.05) is 49.3 Å². The van der Waals surface area contributed by atoms with Crippen LogP contribution in [0.2, 0.25) is 5.02 Å². The van der Waals surface area contributed by atoms with E-state index in [9.17, 15) is 8.42 Å². The second kappa shape index (κ2) is 12.4. The van der Waals surface area contributed by atoms with E-state index in [2.05, 4.69) is 55.3 Å². The van der Waals surface area contributed by atoms with Crippen molar-refractivity contribution in [3.63, 3.8) is 0 Å². The van der Waals surface area contributed by atoms with Gasteiger partial charge in [-0.25, -0.2) is 18.1 Å². The first-order chi connectivity index (χ1) is 19.6. The van der Waals surface area contributed by atoms with E-state index in [1.165, 1.54) is 6.20 Å². The highest BCUT2D eigenvalue weighted by Gasteiger charge is 2.27. The topological polar surface area (TPSA) is 112 Å². The van der Waals surface area contributed by atoms with Gasteiger partial charge in [0, 0.05) is 37.4 Å². The predicted octanol–water partition coefficient (Wildman–Crippen LogP) is 5.23. The number of hydrogen-bond acceptors (Lipinski definition) is 9. The van der Waals surface area contributed by atoms with Crippen molar-refractivity contribution in [1.29, 1.82) is 0 Å². The lowest BCUT2D eigenvalue weighted by molar-refractivity contribution is 0.244. The molecule has 0 unspecified atom stereocenters. The summed E-state index contributed by atoms with van der Waals surface area (Å²) in [6.45, 7) is 6.36.